The molecule has 9 heteroatoms. The summed E-state index contributed by atoms with van der Waals surface area (Å²) in [5, 5.41) is 23.6. The van der Waals surface area contributed by atoms with Gasteiger partial charge in [0.25, 0.3) is 0 Å². The van der Waals surface area contributed by atoms with Crippen LogP contribution in [0.5, 0.6) is 0 Å². The molecule has 0 aromatic carbocycles. The van der Waals surface area contributed by atoms with Crippen molar-refractivity contribution in [3.05, 3.63) is 40.5 Å². The average Bonchev–Trinajstić information content (AvgIpc) is 3.13. The summed E-state index contributed by atoms with van der Waals surface area (Å²) >= 11 is 2.96. The van der Waals surface area contributed by atoms with E-state index in [1.54, 1.807) is 16.0 Å². The Morgan fingerprint density at radius 1 is 1.35 bits per heavy atom. The molecular formula is C11H7N7S2. The molecule has 0 bridgehead atoms. The van der Waals surface area contributed by atoms with Gasteiger partial charge in [0.05, 0.1) is 18.9 Å². The van der Waals surface area contributed by atoms with Crippen molar-refractivity contribution in [3.8, 4) is 6.07 Å². The lowest BCUT2D eigenvalue weighted by atomic mass is 10.5. The minimum atomic E-state index is 0.285. The third-order valence-corrected chi connectivity index (χ3v) is 4.08. The highest BCUT2D eigenvalue weighted by Gasteiger charge is 2.10. The SMILES string of the molecule is N#Cc1cnc(Sc2nnnn2Cc2cccs2)cn1. The Bertz CT molecular complexity index is 727. The second kappa shape index (κ2) is 5.77. The van der Waals surface area contributed by atoms with Gasteiger partial charge in [-0.05, 0) is 33.6 Å². The molecule has 0 spiro atoms. The van der Waals surface area contributed by atoms with E-state index in [4.69, 9.17) is 5.26 Å². The van der Waals surface area contributed by atoms with Crippen LogP contribution in [0.2, 0.25) is 0 Å². The molecule has 0 fully saturated rings. The Kier molecular flexibility index (Phi) is 3.67. The fourth-order valence-corrected chi connectivity index (χ4v) is 2.81. The molecule has 0 aliphatic rings. The Labute approximate surface area is 122 Å². The van der Waals surface area contributed by atoms with E-state index in [0.29, 0.717) is 16.7 Å². The first-order valence-electron chi connectivity index (χ1n) is 5.53. The number of aromatic nitrogens is 6. The van der Waals surface area contributed by atoms with Gasteiger partial charge in [-0.25, -0.2) is 14.6 Å². The molecule has 3 aromatic rings. The molecule has 98 valence electrons. The number of rotatable bonds is 4. The summed E-state index contributed by atoms with van der Waals surface area (Å²) in [5.74, 6) is 0. The van der Waals surface area contributed by atoms with E-state index >= 15 is 0 Å². The second-order valence-electron chi connectivity index (χ2n) is 3.65. The van der Waals surface area contributed by atoms with E-state index in [9.17, 15) is 0 Å². The highest BCUT2D eigenvalue weighted by atomic mass is 32.2. The van der Waals surface area contributed by atoms with Crippen LogP contribution in [-0.2, 0) is 6.54 Å². The summed E-state index contributed by atoms with van der Waals surface area (Å²) < 4.78 is 1.70. The van der Waals surface area contributed by atoms with Crippen LogP contribution < -0.4 is 0 Å². The number of tetrazole rings is 1. The maximum Gasteiger partial charge on any atom is 0.216 e. The molecule has 3 rings (SSSR count). The maximum absolute atomic E-state index is 8.68. The summed E-state index contributed by atoms with van der Waals surface area (Å²) in [5.41, 5.74) is 0.285. The first kappa shape index (κ1) is 12.7. The zero-order valence-electron chi connectivity index (χ0n) is 10.0. The van der Waals surface area contributed by atoms with Crippen molar-refractivity contribution in [2.45, 2.75) is 16.7 Å². The van der Waals surface area contributed by atoms with Gasteiger partial charge in [-0.3, -0.25) is 0 Å². The van der Waals surface area contributed by atoms with Gasteiger partial charge in [0, 0.05) is 4.88 Å². The largest absolute Gasteiger partial charge is 0.245 e. The van der Waals surface area contributed by atoms with Crippen LogP contribution in [0.15, 0.2) is 40.1 Å². The zero-order valence-corrected chi connectivity index (χ0v) is 11.7. The van der Waals surface area contributed by atoms with Crippen molar-refractivity contribution >= 4 is 23.1 Å². The summed E-state index contributed by atoms with van der Waals surface area (Å²) in [7, 11) is 0. The van der Waals surface area contributed by atoms with E-state index in [1.165, 1.54) is 29.0 Å². The molecule has 0 aliphatic carbocycles. The number of thiophene rings is 1. The Morgan fingerprint density at radius 3 is 3.00 bits per heavy atom. The normalized spacial score (nSPS) is 10.3. The zero-order chi connectivity index (χ0) is 13.8. The number of hydrogen-bond acceptors (Lipinski definition) is 8. The molecule has 0 amide bonds. The summed E-state index contributed by atoms with van der Waals surface area (Å²) in [6.07, 6.45) is 2.96. The first-order valence-corrected chi connectivity index (χ1v) is 7.23. The van der Waals surface area contributed by atoms with Gasteiger partial charge >= 0.3 is 0 Å². The molecule has 0 saturated carbocycles. The Hall–Kier alpha value is -2.31. The Balaban J connectivity index is 1.77. The minimum absolute atomic E-state index is 0.285. The average molecular weight is 301 g/mol. The lowest BCUT2D eigenvalue weighted by Gasteiger charge is -2.01. The standard InChI is InChI=1S/C11H7N7S2/c12-4-8-5-14-10(6-13-8)20-11-15-16-17-18(11)7-9-2-1-3-19-9/h1-3,5-6H,7H2. The van der Waals surface area contributed by atoms with Crippen molar-refractivity contribution in [2.75, 3.05) is 0 Å². The van der Waals surface area contributed by atoms with Gasteiger partial charge in [0.1, 0.15) is 11.1 Å². The molecule has 0 atom stereocenters. The van der Waals surface area contributed by atoms with Crippen LogP contribution in [0.1, 0.15) is 10.6 Å². The number of nitrogens with zero attached hydrogens (tertiary/aromatic N) is 7. The van der Waals surface area contributed by atoms with Crippen molar-refractivity contribution in [2.24, 2.45) is 0 Å². The van der Waals surface area contributed by atoms with Crippen LogP contribution in [0.25, 0.3) is 0 Å². The van der Waals surface area contributed by atoms with E-state index < -0.39 is 0 Å². The smallest absolute Gasteiger partial charge is 0.216 e. The molecular weight excluding hydrogens is 294 g/mol. The first-order chi connectivity index (χ1) is 9.85. The van der Waals surface area contributed by atoms with Gasteiger partial charge in [0.2, 0.25) is 5.16 Å². The van der Waals surface area contributed by atoms with Crippen molar-refractivity contribution < 1.29 is 0 Å². The van der Waals surface area contributed by atoms with Crippen LogP contribution in [-0.4, -0.2) is 30.2 Å². The van der Waals surface area contributed by atoms with Crippen molar-refractivity contribution in [1.82, 2.24) is 30.2 Å². The van der Waals surface area contributed by atoms with Crippen molar-refractivity contribution in [1.29, 1.82) is 5.26 Å². The molecule has 0 saturated heterocycles. The van der Waals surface area contributed by atoms with E-state index in [0.717, 1.165) is 0 Å². The van der Waals surface area contributed by atoms with Crippen LogP contribution in [0.4, 0.5) is 0 Å². The topological polar surface area (TPSA) is 93.2 Å². The highest BCUT2D eigenvalue weighted by Crippen LogP contribution is 2.23. The summed E-state index contributed by atoms with van der Waals surface area (Å²) in [6, 6.07) is 5.95. The van der Waals surface area contributed by atoms with Crippen molar-refractivity contribution in [3.63, 3.8) is 0 Å². The summed E-state index contributed by atoms with van der Waals surface area (Å²) in [6.45, 7) is 0.622. The van der Waals surface area contributed by atoms with Gasteiger partial charge in [-0.2, -0.15) is 5.26 Å². The molecule has 3 aromatic heterocycles. The number of hydrogen-bond donors (Lipinski definition) is 0. The Morgan fingerprint density at radius 2 is 2.30 bits per heavy atom. The van der Waals surface area contributed by atoms with Gasteiger partial charge < -0.3 is 0 Å². The molecule has 3 heterocycles. The third-order valence-electron chi connectivity index (χ3n) is 2.32. The van der Waals surface area contributed by atoms with E-state index in [2.05, 4.69) is 25.5 Å². The predicted molar refractivity (Wildman–Crippen MR) is 72.1 cm³/mol. The van der Waals surface area contributed by atoms with E-state index in [1.807, 2.05) is 23.6 Å². The van der Waals surface area contributed by atoms with Crippen LogP contribution >= 0.6 is 23.1 Å². The third kappa shape index (κ3) is 2.81. The molecule has 0 radical (unpaired) electrons. The maximum atomic E-state index is 8.68. The predicted octanol–water partition coefficient (Wildman–Crippen LogP) is 1.60. The minimum Gasteiger partial charge on any atom is -0.245 e. The second-order valence-corrected chi connectivity index (χ2v) is 5.67. The molecule has 0 aliphatic heterocycles. The number of nitriles is 1. The monoisotopic (exact) mass is 301 g/mol. The fourth-order valence-electron chi connectivity index (χ4n) is 1.44. The highest BCUT2D eigenvalue weighted by molar-refractivity contribution is 7.99. The van der Waals surface area contributed by atoms with Gasteiger partial charge in [0.15, 0.2) is 5.69 Å². The molecule has 0 N–H and O–H groups in total. The molecule has 7 nitrogen and oxygen atoms in total. The van der Waals surface area contributed by atoms with Gasteiger partial charge in [-0.15, -0.1) is 16.4 Å². The van der Waals surface area contributed by atoms with Crippen LogP contribution in [0, 0.1) is 11.3 Å². The van der Waals surface area contributed by atoms with Gasteiger partial charge in [-0.1, -0.05) is 6.07 Å². The lowest BCUT2D eigenvalue weighted by molar-refractivity contribution is 0.608. The molecule has 0 unspecified atom stereocenters. The molecule has 20 heavy (non-hydrogen) atoms. The quantitative estimate of drug-likeness (QED) is 0.722. The fraction of sp³-hybridized carbons (Fsp3) is 0.0909. The van der Waals surface area contributed by atoms with Crippen LogP contribution in [0.3, 0.4) is 0 Å². The summed E-state index contributed by atoms with van der Waals surface area (Å²) in [4.78, 5) is 9.27. The lowest BCUT2D eigenvalue weighted by Crippen LogP contribution is -2.02. The van der Waals surface area contributed by atoms with E-state index in [-0.39, 0.29) is 5.69 Å².